The molecule has 0 aliphatic heterocycles. The van der Waals surface area contributed by atoms with Crippen molar-refractivity contribution in [1.82, 2.24) is 14.9 Å². The van der Waals surface area contributed by atoms with E-state index < -0.39 is 0 Å². The molecule has 0 saturated carbocycles. The summed E-state index contributed by atoms with van der Waals surface area (Å²) in [5.41, 5.74) is 2.79. The first kappa shape index (κ1) is 17.7. The molecule has 2 aromatic carbocycles. The van der Waals surface area contributed by atoms with Gasteiger partial charge in [0.15, 0.2) is 0 Å². The fourth-order valence-corrected chi connectivity index (χ4v) is 2.84. The molecule has 3 rings (SSSR count). The van der Waals surface area contributed by atoms with Crippen LogP contribution in [0.25, 0.3) is 11.0 Å². The minimum atomic E-state index is -0.171. The Morgan fingerprint density at radius 2 is 1.73 bits per heavy atom. The van der Waals surface area contributed by atoms with Crippen LogP contribution in [0.15, 0.2) is 54.6 Å². The van der Waals surface area contributed by atoms with Crippen molar-refractivity contribution >= 4 is 28.8 Å². The van der Waals surface area contributed by atoms with Crippen molar-refractivity contribution in [2.75, 3.05) is 11.9 Å². The molecule has 3 aromatic rings. The van der Waals surface area contributed by atoms with Crippen LogP contribution < -0.4 is 10.6 Å². The summed E-state index contributed by atoms with van der Waals surface area (Å²) in [4.78, 5) is 28.6. The smallest absolute Gasteiger partial charge is 0.228 e. The topological polar surface area (TPSA) is 76.0 Å². The number of hydrogen-bond acceptors (Lipinski definition) is 3. The number of rotatable bonds is 7. The van der Waals surface area contributed by atoms with Crippen molar-refractivity contribution in [3.63, 3.8) is 0 Å². The zero-order valence-electron chi connectivity index (χ0n) is 14.7. The Morgan fingerprint density at radius 3 is 2.50 bits per heavy atom. The molecule has 6 nitrogen and oxygen atoms in total. The predicted octanol–water partition coefficient (Wildman–Crippen LogP) is 2.74. The van der Waals surface area contributed by atoms with Crippen LogP contribution in [0, 0.1) is 0 Å². The molecule has 0 bridgehead atoms. The molecule has 134 valence electrons. The second-order valence-corrected chi connectivity index (χ2v) is 5.98. The number of nitrogens with zero attached hydrogens (tertiary/aromatic N) is 2. The number of para-hydroxylation sites is 2. The van der Waals surface area contributed by atoms with Gasteiger partial charge in [-0.3, -0.25) is 14.9 Å². The van der Waals surface area contributed by atoms with E-state index in [1.165, 1.54) is 0 Å². The van der Waals surface area contributed by atoms with Crippen LogP contribution in [0.5, 0.6) is 0 Å². The maximum Gasteiger partial charge on any atom is 0.228 e. The highest BCUT2D eigenvalue weighted by Crippen LogP contribution is 2.19. The molecule has 1 aromatic heterocycles. The van der Waals surface area contributed by atoms with E-state index in [1.54, 1.807) is 0 Å². The maximum atomic E-state index is 12.2. The van der Waals surface area contributed by atoms with Crippen molar-refractivity contribution in [3.05, 3.63) is 60.2 Å². The Morgan fingerprint density at radius 1 is 1.00 bits per heavy atom. The number of carbonyl (C=O) groups excluding carboxylic acids is 2. The first-order chi connectivity index (χ1) is 12.7. The van der Waals surface area contributed by atoms with Crippen molar-refractivity contribution in [3.8, 4) is 0 Å². The van der Waals surface area contributed by atoms with Crippen LogP contribution in [0.2, 0.25) is 0 Å². The molecule has 0 unspecified atom stereocenters. The van der Waals surface area contributed by atoms with Gasteiger partial charge in [0.2, 0.25) is 17.8 Å². The average molecular weight is 350 g/mol. The number of benzene rings is 2. The molecule has 1 heterocycles. The summed E-state index contributed by atoms with van der Waals surface area (Å²) in [6.45, 7) is 3.02. The lowest BCUT2D eigenvalue weighted by molar-refractivity contribution is -0.120. The molecule has 0 aliphatic rings. The lowest BCUT2D eigenvalue weighted by Crippen LogP contribution is -2.29. The summed E-state index contributed by atoms with van der Waals surface area (Å²) in [7, 11) is 0. The van der Waals surface area contributed by atoms with Gasteiger partial charge in [-0.2, -0.15) is 0 Å². The summed E-state index contributed by atoms with van der Waals surface area (Å²) >= 11 is 0. The van der Waals surface area contributed by atoms with E-state index in [2.05, 4.69) is 15.6 Å². The quantitative estimate of drug-likeness (QED) is 0.688. The molecule has 2 amide bonds. The van der Waals surface area contributed by atoms with Crippen molar-refractivity contribution in [1.29, 1.82) is 0 Å². The fraction of sp³-hybridized carbons (Fsp3) is 0.250. The van der Waals surface area contributed by atoms with Crippen LogP contribution in [0.1, 0.15) is 18.9 Å². The van der Waals surface area contributed by atoms with Gasteiger partial charge in [0.1, 0.15) is 0 Å². The van der Waals surface area contributed by atoms with Crippen LogP contribution in [0.3, 0.4) is 0 Å². The minimum absolute atomic E-state index is 0.0928. The molecule has 0 radical (unpaired) electrons. The zero-order chi connectivity index (χ0) is 18.4. The SMILES string of the molecule is CCn1c(NC(=O)CCNC(=O)Cc2ccccc2)nc2ccccc21. The van der Waals surface area contributed by atoms with Gasteiger partial charge in [0.25, 0.3) is 0 Å². The lowest BCUT2D eigenvalue weighted by atomic mass is 10.1. The number of fused-ring (bicyclic) bond motifs is 1. The van der Waals surface area contributed by atoms with Crippen molar-refractivity contribution < 1.29 is 9.59 Å². The van der Waals surface area contributed by atoms with Gasteiger partial charge in [-0.1, -0.05) is 42.5 Å². The van der Waals surface area contributed by atoms with Crippen molar-refractivity contribution in [2.45, 2.75) is 26.3 Å². The average Bonchev–Trinajstić information content (AvgIpc) is 2.99. The first-order valence-electron chi connectivity index (χ1n) is 8.73. The molecule has 0 saturated heterocycles. The number of hydrogen-bond donors (Lipinski definition) is 2. The standard InChI is InChI=1S/C20H22N4O2/c1-2-24-17-11-7-6-10-16(17)22-20(24)23-18(25)12-13-21-19(26)14-15-8-4-3-5-9-15/h3-11H,2,12-14H2,1H3,(H,21,26)(H,22,23,25). The maximum absolute atomic E-state index is 12.2. The second-order valence-electron chi connectivity index (χ2n) is 5.98. The van der Waals surface area contributed by atoms with E-state index in [1.807, 2.05) is 66.1 Å². The summed E-state index contributed by atoms with van der Waals surface area (Å²) in [5, 5.41) is 5.61. The third-order valence-electron chi connectivity index (χ3n) is 4.10. The van der Waals surface area contributed by atoms with Crippen LogP contribution >= 0.6 is 0 Å². The number of aryl methyl sites for hydroxylation is 1. The van der Waals surface area contributed by atoms with E-state index in [0.29, 0.717) is 25.5 Å². The van der Waals surface area contributed by atoms with Crippen LogP contribution in [-0.2, 0) is 22.6 Å². The number of amides is 2. The van der Waals surface area contributed by atoms with Gasteiger partial charge >= 0.3 is 0 Å². The Labute approximate surface area is 152 Å². The monoisotopic (exact) mass is 350 g/mol. The van der Waals surface area contributed by atoms with E-state index in [-0.39, 0.29) is 18.2 Å². The van der Waals surface area contributed by atoms with Gasteiger partial charge in [-0.05, 0) is 24.6 Å². The molecular weight excluding hydrogens is 328 g/mol. The van der Waals surface area contributed by atoms with Gasteiger partial charge in [-0.25, -0.2) is 4.98 Å². The van der Waals surface area contributed by atoms with Gasteiger partial charge in [-0.15, -0.1) is 0 Å². The molecule has 0 spiro atoms. The molecule has 26 heavy (non-hydrogen) atoms. The summed E-state index contributed by atoms with van der Waals surface area (Å²) in [5.74, 6) is 0.272. The second kappa shape index (κ2) is 8.29. The van der Waals surface area contributed by atoms with Gasteiger partial charge in [0.05, 0.1) is 17.5 Å². The zero-order valence-corrected chi connectivity index (χ0v) is 14.7. The Balaban J connectivity index is 1.51. The number of anilines is 1. The highest BCUT2D eigenvalue weighted by Gasteiger charge is 2.12. The largest absolute Gasteiger partial charge is 0.355 e. The highest BCUT2D eigenvalue weighted by atomic mass is 16.2. The third kappa shape index (κ3) is 4.27. The molecule has 0 fully saturated rings. The molecule has 6 heteroatoms. The van der Waals surface area contributed by atoms with Gasteiger partial charge in [0, 0.05) is 19.5 Å². The highest BCUT2D eigenvalue weighted by molar-refractivity contribution is 5.92. The Hall–Kier alpha value is -3.15. The summed E-state index contributed by atoms with van der Waals surface area (Å²) < 4.78 is 1.96. The van der Waals surface area contributed by atoms with Gasteiger partial charge < -0.3 is 9.88 Å². The molecule has 0 aliphatic carbocycles. The van der Waals surface area contributed by atoms with Crippen molar-refractivity contribution in [2.24, 2.45) is 0 Å². The summed E-state index contributed by atoms with van der Waals surface area (Å²) in [6.07, 6.45) is 0.515. The number of nitrogens with one attached hydrogen (secondary N) is 2. The van der Waals surface area contributed by atoms with Crippen LogP contribution in [-0.4, -0.2) is 27.9 Å². The number of aromatic nitrogens is 2. The fourth-order valence-electron chi connectivity index (χ4n) is 2.84. The molecule has 2 N–H and O–H groups in total. The number of carbonyl (C=O) groups is 2. The predicted molar refractivity (Wildman–Crippen MR) is 102 cm³/mol. The first-order valence-corrected chi connectivity index (χ1v) is 8.73. The molecule has 0 atom stereocenters. The minimum Gasteiger partial charge on any atom is -0.355 e. The Kier molecular flexibility index (Phi) is 5.63. The Bertz CT molecular complexity index is 903. The third-order valence-corrected chi connectivity index (χ3v) is 4.10. The van der Waals surface area contributed by atoms with E-state index >= 15 is 0 Å². The normalized spacial score (nSPS) is 10.7. The molecular formula is C20H22N4O2. The van der Waals surface area contributed by atoms with E-state index in [0.717, 1.165) is 16.6 Å². The van der Waals surface area contributed by atoms with E-state index in [9.17, 15) is 9.59 Å². The summed E-state index contributed by atoms with van der Waals surface area (Å²) in [6, 6.07) is 17.3. The lowest BCUT2D eigenvalue weighted by Gasteiger charge is -2.08. The van der Waals surface area contributed by atoms with E-state index in [4.69, 9.17) is 0 Å². The van der Waals surface area contributed by atoms with Crippen LogP contribution in [0.4, 0.5) is 5.95 Å². The number of imidazole rings is 1.